The first-order valence-electron chi connectivity index (χ1n) is 9.53. The number of hydrogen-bond acceptors (Lipinski definition) is 1. The number of benzene rings is 2. The van der Waals surface area contributed by atoms with Crippen LogP contribution in [-0.4, -0.2) is 13.1 Å². The van der Waals surface area contributed by atoms with Crippen LogP contribution >= 0.6 is 0 Å². The number of halogens is 1. The van der Waals surface area contributed by atoms with E-state index in [2.05, 4.69) is 56.4 Å². The largest absolute Gasteiger partial charge is 0.317 e. The van der Waals surface area contributed by atoms with Gasteiger partial charge in [0.15, 0.2) is 0 Å². The van der Waals surface area contributed by atoms with Crippen molar-refractivity contribution in [3.8, 4) is 0 Å². The van der Waals surface area contributed by atoms with Crippen LogP contribution in [0.4, 0.5) is 4.39 Å². The van der Waals surface area contributed by atoms with Gasteiger partial charge in [-0.25, -0.2) is 4.39 Å². The molecule has 0 fully saturated rings. The lowest BCUT2D eigenvalue weighted by Crippen LogP contribution is -2.30. The Kier molecular flexibility index (Phi) is 7.64. The molecule has 0 bridgehead atoms. The SMILES string of the molecule is CC(C)[C@](C)(CCCNCCCc1ccc(F)cc1)c1ccccc1. The summed E-state index contributed by atoms with van der Waals surface area (Å²) in [6.45, 7) is 9.10. The molecule has 2 heteroatoms. The van der Waals surface area contributed by atoms with E-state index >= 15 is 0 Å². The molecule has 2 aromatic carbocycles. The van der Waals surface area contributed by atoms with Crippen LogP contribution < -0.4 is 5.32 Å². The van der Waals surface area contributed by atoms with Crippen LogP contribution in [0.5, 0.6) is 0 Å². The zero-order valence-electron chi connectivity index (χ0n) is 15.9. The number of rotatable bonds is 10. The average molecular weight is 342 g/mol. The molecule has 0 radical (unpaired) electrons. The average Bonchev–Trinajstić information content (AvgIpc) is 2.62. The normalized spacial score (nSPS) is 13.8. The molecule has 0 spiro atoms. The Bertz CT molecular complexity index is 606. The third kappa shape index (κ3) is 5.97. The van der Waals surface area contributed by atoms with Gasteiger partial charge >= 0.3 is 0 Å². The fourth-order valence-corrected chi connectivity index (χ4v) is 3.36. The summed E-state index contributed by atoms with van der Waals surface area (Å²) >= 11 is 0. The molecule has 1 N–H and O–H groups in total. The smallest absolute Gasteiger partial charge is 0.123 e. The molecule has 136 valence electrons. The highest BCUT2D eigenvalue weighted by atomic mass is 19.1. The molecule has 0 saturated carbocycles. The Morgan fingerprint density at radius 2 is 1.56 bits per heavy atom. The Morgan fingerprint density at radius 1 is 0.920 bits per heavy atom. The van der Waals surface area contributed by atoms with E-state index in [1.165, 1.54) is 24.0 Å². The van der Waals surface area contributed by atoms with Gasteiger partial charge in [-0.05, 0) is 73.4 Å². The lowest BCUT2D eigenvalue weighted by Gasteiger charge is -2.34. The minimum Gasteiger partial charge on any atom is -0.317 e. The van der Waals surface area contributed by atoms with Gasteiger partial charge in [0.05, 0.1) is 0 Å². The van der Waals surface area contributed by atoms with Gasteiger partial charge in [-0.2, -0.15) is 0 Å². The third-order valence-electron chi connectivity index (χ3n) is 5.49. The summed E-state index contributed by atoms with van der Waals surface area (Å²) in [4.78, 5) is 0. The van der Waals surface area contributed by atoms with Gasteiger partial charge < -0.3 is 5.32 Å². The van der Waals surface area contributed by atoms with Crippen molar-refractivity contribution in [2.24, 2.45) is 5.92 Å². The van der Waals surface area contributed by atoms with Crippen molar-refractivity contribution in [2.75, 3.05) is 13.1 Å². The van der Waals surface area contributed by atoms with Crippen molar-refractivity contribution >= 4 is 0 Å². The highest BCUT2D eigenvalue weighted by Gasteiger charge is 2.29. The van der Waals surface area contributed by atoms with Gasteiger partial charge in [0.1, 0.15) is 5.82 Å². The molecule has 0 saturated heterocycles. The predicted octanol–water partition coefficient (Wildman–Crippen LogP) is 5.74. The standard InChI is InChI=1S/C23H32FN/c1-19(2)23(3,21-10-5-4-6-11-21)16-8-18-25-17-7-9-20-12-14-22(24)15-13-20/h4-6,10-15,19,25H,7-9,16-18H2,1-3H3/t23-/m0/s1. The Morgan fingerprint density at radius 3 is 2.20 bits per heavy atom. The minimum absolute atomic E-state index is 0.159. The maximum atomic E-state index is 12.9. The maximum Gasteiger partial charge on any atom is 0.123 e. The molecule has 1 atom stereocenters. The van der Waals surface area contributed by atoms with E-state index in [-0.39, 0.29) is 11.2 Å². The summed E-state index contributed by atoms with van der Waals surface area (Å²) in [7, 11) is 0. The summed E-state index contributed by atoms with van der Waals surface area (Å²) < 4.78 is 12.9. The molecule has 2 rings (SSSR count). The summed E-state index contributed by atoms with van der Waals surface area (Å²) in [6.07, 6.45) is 4.46. The first kappa shape index (κ1) is 19.7. The molecule has 0 heterocycles. The summed E-state index contributed by atoms with van der Waals surface area (Å²) in [5.41, 5.74) is 2.89. The molecule has 0 aliphatic heterocycles. The Labute approximate surface area is 152 Å². The highest BCUT2D eigenvalue weighted by molar-refractivity contribution is 5.25. The van der Waals surface area contributed by atoms with Crippen LogP contribution in [-0.2, 0) is 11.8 Å². The maximum absolute atomic E-state index is 12.9. The van der Waals surface area contributed by atoms with E-state index in [0.29, 0.717) is 5.92 Å². The van der Waals surface area contributed by atoms with Crippen LogP contribution in [0, 0.1) is 11.7 Å². The van der Waals surface area contributed by atoms with Crippen LogP contribution in [0.25, 0.3) is 0 Å². The van der Waals surface area contributed by atoms with Gasteiger partial charge in [0, 0.05) is 0 Å². The van der Waals surface area contributed by atoms with Crippen molar-refractivity contribution in [2.45, 2.75) is 51.9 Å². The summed E-state index contributed by atoms with van der Waals surface area (Å²) in [5, 5.41) is 3.56. The van der Waals surface area contributed by atoms with Gasteiger partial charge in [-0.1, -0.05) is 63.2 Å². The lowest BCUT2D eigenvalue weighted by molar-refractivity contribution is 0.304. The van der Waals surface area contributed by atoms with Crippen LogP contribution in [0.15, 0.2) is 54.6 Å². The van der Waals surface area contributed by atoms with Crippen molar-refractivity contribution in [3.05, 3.63) is 71.5 Å². The van der Waals surface area contributed by atoms with Gasteiger partial charge in [0.25, 0.3) is 0 Å². The summed E-state index contributed by atoms with van der Waals surface area (Å²) in [6, 6.07) is 17.7. The topological polar surface area (TPSA) is 12.0 Å². The predicted molar refractivity (Wildman–Crippen MR) is 105 cm³/mol. The van der Waals surface area contributed by atoms with E-state index in [9.17, 15) is 4.39 Å². The number of hydrogen-bond donors (Lipinski definition) is 1. The molecular weight excluding hydrogens is 309 g/mol. The molecule has 0 unspecified atom stereocenters. The zero-order chi connectivity index (χ0) is 18.1. The number of nitrogens with one attached hydrogen (secondary N) is 1. The minimum atomic E-state index is -0.159. The lowest BCUT2D eigenvalue weighted by atomic mass is 9.70. The monoisotopic (exact) mass is 341 g/mol. The van der Waals surface area contributed by atoms with Crippen molar-refractivity contribution < 1.29 is 4.39 Å². The molecular formula is C23H32FN. The second kappa shape index (κ2) is 9.72. The zero-order valence-corrected chi connectivity index (χ0v) is 15.9. The van der Waals surface area contributed by atoms with Gasteiger partial charge in [0.2, 0.25) is 0 Å². The second-order valence-corrected chi connectivity index (χ2v) is 7.52. The molecule has 0 amide bonds. The Balaban J connectivity index is 1.68. The molecule has 0 aliphatic carbocycles. The summed E-state index contributed by atoms with van der Waals surface area (Å²) in [5.74, 6) is 0.460. The van der Waals surface area contributed by atoms with Gasteiger partial charge in [-0.3, -0.25) is 0 Å². The first-order valence-corrected chi connectivity index (χ1v) is 9.53. The van der Waals surface area contributed by atoms with Crippen LogP contribution in [0.2, 0.25) is 0 Å². The fourth-order valence-electron chi connectivity index (χ4n) is 3.36. The van der Waals surface area contributed by atoms with E-state index in [4.69, 9.17) is 0 Å². The molecule has 0 aromatic heterocycles. The molecule has 1 nitrogen and oxygen atoms in total. The van der Waals surface area contributed by atoms with Crippen molar-refractivity contribution in [1.82, 2.24) is 5.32 Å². The fraction of sp³-hybridized carbons (Fsp3) is 0.478. The van der Waals surface area contributed by atoms with E-state index in [1.54, 1.807) is 12.1 Å². The quantitative estimate of drug-likeness (QED) is 0.543. The molecule has 0 aliphatic rings. The van der Waals surface area contributed by atoms with E-state index in [1.807, 2.05) is 12.1 Å². The molecule has 2 aromatic rings. The van der Waals surface area contributed by atoms with Crippen molar-refractivity contribution in [3.63, 3.8) is 0 Å². The molecule has 25 heavy (non-hydrogen) atoms. The Hall–Kier alpha value is -1.67. The first-order chi connectivity index (χ1) is 12.0. The third-order valence-corrected chi connectivity index (χ3v) is 5.49. The van der Waals surface area contributed by atoms with Gasteiger partial charge in [-0.15, -0.1) is 0 Å². The van der Waals surface area contributed by atoms with Crippen LogP contribution in [0.1, 0.15) is 51.2 Å². The second-order valence-electron chi connectivity index (χ2n) is 7.52. The van der Waals surface area contributed by atoms with Crippen molar-refractivity contribution in [1.29, 1.82) is 0 Å². The number of aryl methyl sites for hydroxylation is 1. The van der Waals surface area contributed by atoms with Crippen LogP contribution in [0.3, 0.4) is 0 Å². The van der Waals surface area contributed by atoms with E-state index < -0.39 is 0 Å². The highest BCUT2D eigenvalue weighted by Crippen LogP contribution is 2.36. The van der Waals surface area contributed by atoms with E-state index in [0.717, 1.165) is 25.9 Å².